The highest BCUT2D eigenvalue weighted by atomic mass is 32.2. The average molecular weight is 670 g/mol. The zero-order valence-electron chi connectivity index (χ0n) is 27.6. The maximum absolute atomic E-state index is 13.6. The standard InChI is InChI=1S/C35H43N9O3S/c1-3-24-21-36-34(37-22-24)38-28-11-16-43(17-12-28)48(47)29-6-4-5-25(19-29)23-42-14-9-26(10-15-42)27-7-8-30-31(20-27)41(2)40-33(30)44-18-13-32(45)39-35(44)46/h4-8,19-22,26,28H,3,9-18,23H2,1-2H3,(H,36,37,38)(H,39,45,46). The third-order valence-electron chi connectivity index (χ3n) is 9.87. The molecule has 4 aromatic rings. The molecule has 1 atom stereocenters. The number of aromatic nitrogens is 4. The molecule has 2 aromatic carbocycles. The van der Waals surface area contributed by atoms with Crippen molar-refractivity contribution in [1.29, 1.82) is 0 Å². The average Bonchev–Trinajstić information content (AvgIpc) is 3.44. The van der Waals surface area contributed by atoms with Gasteiger partial charge in [-0.25, -0.2) is 23.3 Å². The van der Waals surface area contributed by atoms with Gasteiger partial charge in [0.15, 0.2) is 5.82 Å². The third-order valence-corrected chi connectivity index (χ3v) is 11.4. The van der Waals surface area contributed by atoms with Gasteiger partial charge in [-0.2, -0.15) is 5.10 Å². The molecule has 3 saturated heterocycles. The van der Waals surface area contributed by atoms with Gasteiger partial charge in [0.1, 0.15) is 11.0 Å². The molecule has 7 rings (SSSR count). The van der Waals surface area contributed by atoms with Gasteiger partial charge in [-0.05, 0) is 92.1 Å². The highest BCUT2D eigenvalue weighted by Gasteiger charge is 2.29. The second kappa shape index (κ2) is 14.1. The van der Waals surface area contributed by atoms with Gasteiger partial charge in [0, 0.05) is 63.5 Å². The second-order valence-electron chi connectivity index (χ2n) is 13.0. The summed E-state index contributed by atoms with van der Waals surface area (Å²) in [5.74, 6) is 1.44. The number of nitrogens with zero attached hydrogens (tertiary/aromatic N) is 7. The Bertz CT molecular complexity index is 1810. The lowest BCUT2D eigenvalue weighted by Crippen LogP contribution is -2.49. The predicted octanol–water partition coefficient (Wildman–Crippen LogP) is 4.35. The van der Waals surface area contributed by atoms with E-state index >= 15 is 0 Å². The molecule has 3 fully saturated rings. The summed E-state index contributed by atoms with van der Waals surface area (Å²) in [4.78, 5) is 37.8. The van der Waals surface area contributed by atoms with E-state index in [0.29, 0.717) is 24.2 Å². The second-order valence-corrected chi connectivity index (χ2v) is 14.5. The van der Waals surface area contributed by atoms with Crippen LogP contribution in [0, 0.1) is 0 Å². The van der Waals surface area contributed by atoms with E-state index in [1.165, 1.54) is 11.1 Å². The summed E-state index contributed by atoms with van der Waals surface area (Å²) >= 11 is 0. The molecule has 13 heteroatoms. The van der Waals surface area contributed by atoms with Gasteiger partial charge < -0.3 is 5.32 Å². The molecule has 0 aliphatic carbocycles. The van der Waals surface area contributed by atoms with Crippen molar-refractivity contribution in [3.05, 3.63) is 71.5 Å². The van der Waals surface area contributed by atoms with Crippen LogP contribution in [-0.2, 0) is 35.8 Å². The fourth-order valence-corrected chi connectivity index (χ4v) is 8.31. The van der Waals surface area contributed by atoms with Crippen LogP contribution < -0.4 is 15.5 Å². The molecule has 12 nitrogen and oxygen atoms in total. The molecule has 2 N–H and O–H groups in total. The fraction of sp³-hybridized carbons (Fsp3) is 0.457. The van der Waals surface area contributed by atoms with Crippen molar-refractivity contribution in [1.82, 2.24) is 34.3 Å². The molecule has 5 heterocycles. The maximum Gasteiger partial charge on any atom is 0.329 e. The molecular weight excluding hydrogens is 627 g/mol. The van der Waals surface area contributed by atoms with Gasteiger partial charge >= 0.3 is 6.03 Å². The number of anilines is 2. The number of hydrogen-bond acceptors (Lipinski definition) is 8. The number of urea groups is 1. The lowest BCUT2D eigenvalue weighted by molar-refractivity contribution is -0.120. The van der Waals surface area contributed by atoms with Crippen molar-refractivity contribution in [3.63, 3.8) is 0 Å². The van der Waals surface area contributed by atoms with Crippen LogP contribution in [0.4, 0.5) is 16.6 Å². The van der Waals surface area contributed by atoms with Gasteiger partial charge in [0.2, 0.25) is 11.9 Å². The number of piperidine rings is 2. The van der Waals surface area contributed by atoms with Crippen molar-refractivity contribution in [3.8, 4) is 0 Å². The van der Waals surface area contributed by atoms with Crippen molar-refractivity contribution in [2.45, 2.75) is 68.8 Å². The first-order chi connectivity index (χ1) is 23.3. The summed E-state index contributed by atoms with van der Waals surface area (Å²) < 4.78 is 17.5. The number of carbonyl (C=O) groups excluding carboxylic acids is 2. The summed E-state index contributed by atoms with van der Waals surface area (Å²) in [5.41, 5.74) is 4.58. The van der Waals surface area contributed by atoms with Gasteiger partial charge in [0.25, 0.3) is 0 Å². The number of hydrogen-bond donors (Lipinski definition) is 2. The number of benzene rings is 2. The maximum atomic E-state index is 13.6. The van der Waals surface area contributed by atoms with Gasteiger partial charge in [-0.3, -0.25) is 24.6 Å². The predicted molar refractivity (Wildman–Crippen MR) is 186 cm³/mol. The Morgan fingerprint density at radius 2 is 1.71 bits per heavy atom. The van der Waals surface area contributed by atoms with Crippen LogP contribution in [0.25, 0.3) is 10.9 Å². The Morgan fingerprint density at radius 1 is 0.938 bits per heavy atom. The first-order valence-corrected chi connectivity index (χ1v) is 18.1. The summed E-state index contributed by atoms with van der Waals surface area (Å²) in [5, 5.41) is 11.4. The van der Waals surface area contributed by atoms with E-state index in [-0.39, 0.29) is 18.4 Å². The number of carbonyl (C=O) groups is 2. The largest absolute Gasteiger partial charge is 0.351 e. The number of aryl methyl sites for hydroxylation is 2. The first kappa shape index (κ1) is 32.4. The van der Waals surface area contributed by atoms with Crippen LogP contribution in [0.1, 0.15) is 61.6 Å². The molecule has 3 aliphatic rings. The van der Waals surface area contributed by atoms with Crippen molar-refractivity contribution in [2.75, 3.05) is 42.9 Å². The number of likely N-dealkylation sites (tertiary alicyclic amines) is 1. The zero-order chi connectivity index (χ0) is 33.2. The Morgan fingerprint density at radius 3 is 2.44 bits per heavy atom. The van der Waals surface area contributed by atoms with Crippen LogP contribution in [-0.4, -0.2) is 83.9 Å². The van der Waals surface area contributed by atoms with E-state index in [4.69, 9.17) is 0 Å². The Kier molecular flexibility index (Phi) is 9.51. The van der Waals surface area contributed by atoms with E-state index < -0.39 is 17.0 Å². The number of imide groups is 1. The molecule has 48 heavy (non-hydrogen) atoms. The van der Waals surface area contributed by atoms with E-state index in [1.807, 2.05) is 36.3 Å². The Balaban J connectivity index is 0.918. The lowest BCUT2D eigenvalue weighted by atomic mass is 9.89. The Hall–Kier alpha value is -4.20. The molecule has 3 aliphatic heterocycles. The van der Waals surface area contributed by atoms with Crippen molar-refractivity contribution < 1.29 is 13.8 Å². The quantitative estimate of drug-likeness (QED) is 0.269. The highest BCUT2D eigenvalue weighted by Crippen LogP contribution is 2.34. The van der Waals surface area contributed by atoms with E-state index in [0.717, 1.165) is 86.2 Å². The molecule has 1 unspecified atom stereocenters. The zero-order valence-corrected chi connectivity index (χ0v) is 28.4. The van der Waals surface area contributed by atoms with E-state index in [1.54, 1.807) is 4.90 Å². The lowest BCUT2D eigenvalue weighted by Gasteiger charge is -2.33. The fourth-order valence-electron chi connectivity index (χ4n) is 7.02. The number of nitrogens with one attached hydrogen (secondary N) is 2. The molecule has 0 saturated carbocycles. The summed E-state index contributed by atoms with van der Waals surface area (Å²) in [6.45, 7) is 6.75. The van der Waals surface area contributed by atoms with E-state index in [2.05, 4.69) is 72.2 Å². The van der Waals surface area contributed by atoms with Crippen LogP contribution >= 0.6 is 0 Å². The van der Waals surface area contributed by atoms with Gasteiger partial charge in [0.05, 0.1) is 10.4 Å². The molecule has 0 bridgehead atoms. The molecule has 252 valence electrons. The topological polar surface area (TPSA) is 129 Å². The summed E-state index contributed by atoms with van der Waals surface area (Å²) in [6.07, 6.45) is 8.83. The third kappa shape index (κ3) is 6.99. The first-order valence-electron chi connectivity index (χ1n) is 17.0. The minimum absolute atomic E-state index is 0.252. The van der Waals surface area contributed by atoms with Crippen LogP contribution in [0.5, 0.6) is 0 Å². The monoisotopic (exact) mass is 669 g/mol. The van der Waals surface area contributed by atoms with Crippen LogP contribution in [0.3, 0.4) is 0 Å². The number of rotatable bonds is 9. The van der Waals surface area contributed by atoms with Crippen LogP contribution in [0.15, 0.2) is 59.8 Å². The van der Waals surface area contributed by atoms with Crippen molar-refractivity contribution in [2.24, 2.45) is 7.05 Å². The normalized spacial score (nSPS) is 19.5. The number of fused-ring (bicyclic) bond motifs is 1. The summed E-state index contributed by atoms with van der Waals surface area (Å²) in [7, 11) is 0.705. The molecule has 2 aromatic heterocycles. The SMILES string of the molecule is CCc1cnc(NC2CCN(S(=O)c3cccc(CN4CCC(c5ccc6c(N7CCC(=O)NC7=O)nn(C)c6c5)CC4)c3)CC2)nc1. The molecular formula is C35H43N9O3S. The highest BCUT2D eigenvalue weighted by molar-refractivity contribution is 7.82. The van der Waals surface area contributed by atoms with Crippen molar-refractivity contribution >= 4 is 45.6 Å². The van der Waals surface area contributed by atoms with E-state index in [9.17, 15) is 13.8 Å². The minimum atomic E-state index is -1.19. The van der Waals surface area contributed by atoms with Gasteiger partial charge in [-0.1, -0.05) is 25.1 Å². The number of amides is 3. The molecule has 3 amide bonds. The van der Waals surface area contributed by atoms with Gasteiger partial charge in [-0.15, -0.1) is 0 Å². The molecule has 0 radical (unpaired) electrons. The van der Waals surface area contributed by atoms with Crippen LogP contribution in [0.2, 0.25) is 0 Å². The smallest absolute Gasteiger partial charge is 0.329 e. The Labute approximate surface area is 283 Å². The summed E-state index contributed by atoms with van der Waals surface area (Å²) in [6, 6.07) is 14.6. The molecule has 0 spiro atoms. The minimum Gasteiger partial charge on any atom is -0.351 e.